The fourth-order valence-electron chi connectivity index (χ4n) is 2.70. The number of carbonyl (C=O) groups excluding carboxylic acids is 1. The Labute approximate surface area is 163 Å². The van der Waals surface area contributed by atoms with E-state index in [0.29, 0.717) is 31.6 Å². The van der Waals surface area contributed by atoms with Gasteiger partial charge in [-0.1, -0.05) is 6.07 Å². The number of nitrogens with one attached hydrogen (secondary N) is 2. The van der Waals surface area contributed by atoms with Gasteiger partial charge in [-0.25, -0.2) is 9.18 Å². The molecule has 2 rings (SSSR count). The van der Waals surface area contributed by atoms with Gasteiger partial charge in [-0.05, 0) is 45.7 Å². The van der Waals surface area contributed by atoms with Gasteiger partial charge in [0.1, 0.15) is 29.2 Å². The van der Waals surface area contributed by atoms with Crippen LogP contribution in [-0.2, 0) is 4.74 Å². The lowest BCUT2D eigenvalue weighted by Gasteiger charge is -2.34. The van der Waals surface area contributed by atoms with E-state index < -0.39 is 17.1 Å². The smallest absolute Gasteiger partial charge is 0.410 e. The van der Waals surface area contributed by atoms with Crippen molar-refractivity contribution < 1.29 is 13.9 Å². The average Bonchev–Trinajstić information content (AvgIpc) is 2.63. The van der Waals surface area contributed by atoms with Gasteiger partial charge in [0, 0.05) is 19.1 Å². The van der Waals surface area contributed by atoms with E-state index in [2.05, 4.69) is 15.8 Å². The molecule has 1 fully saturated rings. The molecule has 1 saturated heterocycles. The first-order chi connectivity index (χ1) is 13.2. The second-order valence-corrected chi connectivity index (χ2v) is 7.34. The number of carbonyl (C=O) groups is 1. The molecule has 0 aliphatic carbocycles. The summed E-state index contributed by atoms with van der Waals surface area (Å²) in [7, 11) is 0. The number of anilines is 2. The Bertz CT molecular complexity index is 810. The van der Waals surface area contributed by atoms with E-state index >= 15 is 0 Å². The summed E-state index contributed by atoms with van der Waals surface area (Å²) in [5.41, 5.74) is 2.03. The molecule has 28 heavy (non-hydrogen) atoms. The zero-order valence-electron chi connectivity index (χ0n) is 16.1. The zero-order valence-corrected chi connectivity index (χ0v) is 16.1. The number of hydrogen-bond donors (Lipinski definition) is 2. The van der Waals surface area contributed by atoms with Gasteiger partial charge in [-0.15, -0.1) is 0 Å². The Morgan fingerprint density at radius 2 is 1.93 bits per heavy atom. The van der Waals surface area contributed by atoms with Gasteiger partial charge in [0.2, 0.25) is 5.71 Å². The Kier molecular flexibility index (Phi) is 6.78. The summed E-state index contributed by atoms with van der Waals surface area (Å²) < 4.78 is 19.6. The first-order valence-electron chi connectivity index (χ1n) is 8.90. The highest BCUT2D eigenvalue weighted by Gasteiger charge is 2.27. The van der Waals surface area contributed by atoms with Crippen LogP contribution in [0.4, 0.5) is 20.6 Å². The molecule has 0 saturated carbocycles. The minimum Gasteiger partial charge on any atom is -0.444 e. The molecule has 0 radical (unpaired) electrons. The van der Waals surface area contributed by atoms with Gasteiger partial charge in [-0.3, -0.25) is 5.43 Å². The molecule has 8 nitrogen and oxygen atoms in total. The fourth-order valence-corrected chi connectivity index (χ4v) is 2.70. The standard InChI is InChI=1S/C19H23FN6O2/c1-19(2,3)28-18(27)26-9-7-13(8-10-26)23-16-6-4-5-15(20)17(16)25-24-14(11-21)12-22/h4-6,13,23,25H,7-10H2,1-3H3. The summed E-state index contributed by atoms with van der Waals surface area (Å²) in [6.07, 6.45) is 0.995. The van der Waals surface area contributed by atoms with Crippen LogP contribution < -0.4 is 10.7 Å². The SMILES string of the molecule is CC(C)(C)OC(=O)N1CCC(Nc2cccc(F)c2NN=C(C#N)C#N)CC1. The molecule has 1 heterocycles. The van der Waals surface area contributed by atoms with Gasteiger partial charge in [0.15, 0.2) is 0 Å². The largest absolute Gasteiger partial charge is 0.444 e. The lowest BCUT2D eigenvalue weighted by Crippen LogP contribution is -2.44. The number of hydrazone groups is 1. The van der Waals surface area contributed by atoms with E-state index in [9.17, 15) is 9.18 Å². The number of rotatable bonds is 4. The maximum absolute atomic E-state index is 14.2. The molecule has 0 aromatic heterocycles. The van der Waals surface area contributed by atoms with Crippen molar-refractivity contribution in [3.8, 4) is 12.1 Å². The number of hydrogen-bond acceptors (Lipinski definition) is 7. The van der Waals surface area contributed by atoms with Crippen molar-refractivity contribution in [1.29, 1.82) is 10.5 Å². The van der Waals surface area contributed by atoms with Crippen LogP contribution in [-0.4, -0.2) is 41.4 Å². The molecule has 0 spiro atoms. The van der Waals surface area contributed by atoms with Crippen LogP contribution in [0.25, 0.3) is 0 Å². The molecule has 1 aromatic carbocycles. The quantitative estimate of drug-likeness (QED) is 0.605. The summed E-state index contributed by atoms with van der Waals surface area (Å²) in [6, 6.07) is 7.73. The van der Waals surface area contributed by atoms with Crippen molar-refractivity contribution in [2.24, 2.45) is 5.10 Å². The summed E-state index contributed by atoms with van der Waals surface area (Å²) in [5, 5.41) is 24.3. The molecule has 2 N–H and O–H groups in total. The van der Waals surface area contributed by atoms with Crippen LogP contribution in [0.5, 0.6) is 0 Å². The highest BCUT2D eigenvalue weighted by Crippen LogP contribution is 2.28. The van der Waals surface area contributed by atoms with Crippen LogP contribution in [0.2, 0.25) is 0 Å². The number of nitrogens with zero attached hydrogens (tertiary/aromatic N) is 4. The van der Waals surface area contributed by atoms with E-state index in [-0.39, 0.29) is 17.8 Å². The van der Waals surface area contributed by atoms with Gasteiger partial charge in [-0.2, -0.15) is 15.6 Å². The van der Waals surface area contributed by atoms with E-state index in [1.165, 1.54) is 6.07 Å². The van der Waals surface area contributed by atoms with Crippen LogP contribution in [0, 0.1) is 28.5 Å². The predicted octanol–water partition coefficient (Wildman–Crippen LogP) is 3.45. The van der Waals surface area contributed by atoms with E-state index in [1.54, 1.807) is 29.2 Å². The number of amides is 1. The molecule has 0 unspecified atom stereocenters. The number of benzene rings is 1. The number of ether oxygens (including phenoxy) is 1. The second-order valence-electron chi connectivity index (χ2n) is 7.34. The Balaban J connectivity index is 2.01. The molecule has 148 valence electrons. The highest BCUT2D eigenvalue weighted by molar-refractivity contribution is 6.10. The maximum Gasteiger partial charge on any atom is 0.410 e. The predicted molar refractivity (Wildman–Crippen MR) is 103 cm³/mol. The maximum atomic E-state index is 14.2. The van der Waals surface area contributed by atoms with Crippen molar-refractivity contribution in [3.63, 3.8) is 0 Å². The lowest BCUT2D eigenvalue weighted by atomic mass is 10.0. The molecule has 1 aromatic rings. The average molecular weight is 386 g/mol. The second kappa shape index (κ2) is 9.05. The third kappa shape index (κ3) is 5.85. The van der Waals surface area contributed by atoms with Gasteiger partial charge >= 0.3 is 6.09 Å². The molecule has 1 aliphatic rings. The van der Waals surface area contributed by atoms with Crippen LogP contribution in [0.1, 0.15) is 33.6 Å². The molecule has 1 amide bonds. The molecular weight excluding hydrogens is 363 g/mol. The Morgan fingerprint density at radius 3 is 2.50 bits per heavy atom. The fraction of sp³-hybridized carbons (Fsp3) is 0.474. The summed E-state index contributed by atoms with van der Waals surface area (Å²) in [5.74, 6) is -0.560. The zero-order chi connectivity index (χ0) is 20.7. The van der Waals surface area contributed by atoms with E-state index in [4.69, 9.17) is 15.3 Å². The first kappa shape index (κ1) is 21.0. The number of likely N-dealkylation sites (tertiary alicyclic amines) is 1. The minimum absolute atomic E-state index is 0.0245. The molecule has 9 heteroatoms. The number of para-hydroxylation sites is 1. The number of nitriles is 2. The first-order valence-corrected chi connectivity index (χ1v) is 8.90. The van der Waals surface area contributed by atoms with E-state index in [1.807, 2.05) is 20.8 Å². The van der Waals surface area contributed by atoms with Crippen LogP contribution in [0.3, 0.4) is 0 Å². The van der Waals surface area contributed by atoms with Gasteiger partial charge in [0.25, 0.3) is 0 Å². The Hall–Kier alpha value is -3.33. The van der Waals surface area contributed by atoms with Crippen molar-refractivity contribution >= 4 is 23.2 Å². The minimum atomic E-state index is -0.560. The van der Waals surface area contributed by atoms with Crippen molar-refractivity contribution in [3.05, 3.63) is 24.0 Å². The van der Waals surface area contributed by atoms with Crippen molar-refractivity contribution in [2.75, 3.05) is 23.8 Å². The monoisotopic (exact) mass is 386 g/mol. The molecular formula is C19H23FN6O2. The molecule has 1 aliphatic heterocycles. The van der Waals surface area contributed by atoms with Crippen molar-refractivity contribution in [1.82, 2.24) is 4.90 Å². The number of piperidine rings is 1. The topological polar surface area (TPSA) is 114 Å². The third-order valence-electron chi connectivity index (χ3n) is 4.01. The Morgan fingerprint density at radius 1 is 1.29 bits per heavy atom. The van der Waals surface area contributed by atoms with Crippen LogP contribution in [0.15, 0.2) is 23.3 Å². The lowest BCUT2D eigenvalue weighted by molar-refractivity contribution is 0.0210. The normalized spacial score (nSPS) is 14.4. The van der Waals surface area contributed by atoms with Gasteiger partial charge in [0.05, 0.1) is 5.69 Å². The van der Waals surface area contributed by atoms with Crippen molar-refractivity contribution in [2.45, 2.75) is 45.3 Å². The summed E-state index contributed by atoms with van der Waals surface area (Å²) >= 11 is 0. The molecule has 0 bridgehead atoms. The molecule has 0 atom stereocenters. The highest BCUT2D eigenvalue weighted by atomic mass is 19.1. The van der Waals surface area contributed by atoms with Crippen LogP contribution >= 0.6 is 0 Å². The summed E-state index contributed by atoms with van der Waals surface area (Å²) in [4.78, 5) is 13.8. The van der Waals surface area contributed by atoms with E-state index in [0.717, 1.165) is 0 Å². The third-order valence-corrected chi connectivity index (χ3v) is 4.01. The van der Waals surface area contributed by atoms with Gasteiger partial charge < -0.3 is 15.0 Å². The number of halogens is 1. The summed E-state index contributed by atoms with van der Waals surface area (Å²) in [6.45, 7) is 6.52.